The van der Waals surface area contributed by atoms with Crippen LogP contribution in [0.1, 0.15) is 19.3 Å². The Morgan fingerprint density at radius 1 is 1.64 bits per heavy atom. The zero-order valence-electron chi connectivity index (χ0n) is 8.16. The van der Waals surface area contributed by atoms with Crippen LogP contribution >= 0.6 is 0 Å². The first-order chi connectivity index (χ1) is 6.72. The molecule has 78 valence electrons. The van der Waals surface area contributed by atoms with Crippen molar-refractivity contribution in [3.8, 4) is 12.3 Å². The molecule has 0 aromatic carbocycles. The summed E-state index contributed by atoms with van der Waals surface area (Å²) in [7, 11) is 0. The summed E-state index contributed by atoms with van der Waals surface area (Å²) in [5.41, 5.74) is 5.70. The van der Waals surface area contributed by atoms with Gasteiger partial charge in [0.2, 0.25) is 5.91 Å². The first-order valence-corrected chi connectivity index (χ1v) is 4.79. The fourth-order valence-electron chi connectivity index (χ4n) is 1.52. The molecule has 1 rings (SSSR count). The van der Waals surface area contributed by atoms with Gasteiger partial charge in [0.15, 0.2) is 0 Å². The molecule has 0 saturated heterocycles. The molecule has 0 heterocycles. The second kappa shape index (κ2) is 5.63. The summed E-state index contributed by atoms with van der Waals surface area (Å²) in [6, 6.07) is 0.230. The Morgan fingerprint density at radius 3 is 3.00 bits per heavy atom. The van der Waals surface area contributed by atoms with Crippen molar-refractivity contribution in [1.29, 1.82) is 0 Å². The monoisotopic (exact) mass is 196 g/mol. The lowest BCUT2D eigenvalue weighted by molar-refractivity contribution is -0.127. The summed E-state index contributed by atoms with van der Waals surface area (Å²) in [5, 5.41) is 2.54. The van der Waals surface area contributed by atoms with Gasteiger partial charge in [-0.05, 0) is 19.3 Å². The molecule has 1 aliphatic rings. The van der Waals surface area contributed by atoms with Gasteiger partial charge in [0.25, 0.3) is 0 Å². The van der Waals surface area contributed by atoms with Gasteiger partial charge in [-0.3, -0.25) is 4.79 Å². The standard InChI is InChI=1S/C10H16N2O2/c1-2-5-12-10(13)7-14-9-4-3-8(11)6-9/h1,8-9H,3-7,11H2,(H,12,13). The van der Waals surface area contributed by atoms with E-state index in [-0.39, 0.29) is 31.2 Å². The van der Waals surface area contributed by atoms with Crippen LogP contribution in [0, 0.1) is 12.3 Å². The summed E-state index contributed by atoms with van der Waals surface area (Å²) in [6.07, 6.45) is 7.91. The average Bonchev–Trinajstić information content (AvgIpc) is 2.58. The van der Waals surface area contributed by atoms with Crippen LogP contribution < -0.4 is 11.1 Å². The Morgan fingerprint density at radius 2 is 2.43 bits per heavy atom. The zero-order chi connectivity index (χ0) is 10.4. The second-order valence-electron chi connectivity index (χ2n) is 3.49. The third-order valence-electron chi connectivity index (χ3n) is 2.26. The molecular formula is C10H16N2O2. The number of carbonyl (C=O) groups excluding carboxylic acids is 1. The van der Waals surface area contributed by atoms with Crippen molar-refractivity contribution in [3.05, 3.63) is 0 Å². The summed E-state index contributed by atoms with van der Waals surface area (Å²) in [6.45, 7) is 0.339. The highest BCUT2D eigenvalue weighted by atomic mass is 16.5. The number of nitrogens with two attached hydrogens (primary N) is 1. The van der Waals surface area contributed by atoms with Crippen LogP contribution in [-0.4, -0.2) is 31.2 Å². The Labute approximate surface area is 84.2 Å². The molecule has 1 aliphatic carbocycles. The first kappa shape index (κ1) is 11.0. The maximum atomic E-state index is 11.1. The lowest BCUT2D eigenvalue weighted by Gasteiger charge is -2.10. The van der Waals surface area contributed by atoms with Crippen molar-refractivity contribution in [2.45, 2.75) is 31.4 Å². The van der Waals surface area contributed by atoms with Crippen molar-refractivity contribution in [2.75, 3.05) is 13.2 Å². The van der Waals surface area contributed by atoms with Crippen molar-refractivity contribution in [1.82, 2.24) is 5.32 Å². The first-order valence-electron chi connectivity index (χ1n) is 4.79. The van der Waals surface area contributed by atoms with Gasteiger partial charge < -0.3 is 15.8 Å². The van der Waals surface area contributed by atoms with E-state index in [0.29, 0.717) is 0 Å². The number of rotatable bonds is 4. The fourth-order valence-corrected chi connectivity index (χ4v) is 1.52. The van der Waals surface area contributed by atoms with Crippen LogP contribution in [0.25, 0.3) is 0 Å². The Balaban J connectivity index is 2.08. The van der Waals surface area contributed by atoms with Crippen LogP contribution in [0.4, 0.5) is 0 Å². The van der Waals surface area contributed by atoms with Gasteiger partial charge in [-0.1, -0.05) is 5.92 Å². The van der Waals surface area contributed by atoms with Gasteiger partial charge in [0.1, 0.15) is 6.61 Å². The van der Waals surface area contributed by atoms with Crippen LogP contribution in [0.2, 0.25) is 0 Å². The summed E-state index contributed by atoms with van der Waals surface area (Å²) >= 11 is 0. The molecule has 4 heteroatoms. The van der Waals surface area contributed by atoms with Crippen molar-refractivity contribution < 1.29 is 9.53 Å². The summed E-state index contributed by atoms with van der Waals surface area (Å²) in [5.74, 6) is 2.16. The Bertz CT molecular complexity index is 235. The number of terminal acetylenes is 1. The van der Waals surface area contributed by atoms with Crippen molar-refractivity contribution >= 4 is 5.91 Å². The van der Waals surface area contributed by atoms with E-state index in [1.165, 1.54) is 0 Å². The van der Waals surface area contributed by atoms with E-state index in [0.717, 1.165) is 19.3 Å². The minimum absolute atomic E-state index is 0.0824. The molecule has 1 saturated carbocycles. The van der Waals surface area contributed by atoms with E-state index in [1.54, 1.807) is 0 Å². The van der Waals surface area contributed by atoms with E-state index in [2.05, 4.69) is 11.2 Å². The fraction of sp³-hybridized carbons (Fsp3) is 0.700. The molecule has 0 aromatic rings. The van der Waals surface area contributed by atoms with Gasteiger partial charge in [0.05, 0.1) is 12.6 Å². The number of carbonyl (C=O) groups is 1. The Kier molecular flexibility index (Phi) is 4.44. The molecule has 14 heavy (non-hydrogen) atoms. The van der Waals surface area contributed by atoms with Crippen LogP contribution in [0.3, 0.4) is 0 Å². The quantitative estimate of drug-likeness (QED) is 0.603. The van der Waals surface area contributed by atoms with Gasteiger partial charge >= 0.3 is 0 Å². The maximum Gasteiger partial charge on any atom is 0.246 e. The lowest BCUT2D eigenvalue weighted by Crippen LogP contribution is -2.29. The molecule has 3 N–H and O–H groups in total. The molecular weight excluding hydrogens is 180 g/mol. The molecule has 1 fully saturated rings. The van der Waals surface area contributed by atoms with Crippen LogP contribution in [-0.2, 0) is 9.53 Å². The van der Waals surface area contributed by atoms with Gasteiger partial charge in [0, 0.05) is 6.04 Å². The van der Waals surface area contributed by atoms with Gasteiger partial charge in [-0.15, -0.1) is 6.42 Å². The second-order valence-corrected chi connectivity index (χ2v) is 3.49. The van der Waals surface area contributed by atoms with Gasteiger partial charge in [-0.25, -0.2) is 0 Å². The Hall–Kier alpha value is -1.05. The number of hydrogen-bond donors (Lipinski definition) is 2. The van der Waals surface area contributed by atoms with Crippen LogP contribution in [0.15, 0.2) is 0 Å². The van der Waals surface area contributed by atoms with E-state index >= 15 is 0 Å². The SMILES string of the molecule is C#CCNC(=O)COC1CCC(N)C1. The molecule has 4 nitrogen and oxygen atoms in total. The number of amides is 1. The predicted molar refractivity (Wildman–Crippen MR) is 53.4 cm³/mol. The third-order valence-corrected chi connectivity index (χ3v) is 2.26. The zero-order valence-corrected chi connectivity index (χ0v) is 8.16. The predicted octanol–water partition coefficient (Wildman–Crippen LogP) is -0.368. The molecule has 0 aromatic heterocycles. The number of ether oxygens (including phenoxy) is 1. The van der Waals surface area contributed by atoms with E-state index < -0.39 is 0 Å². The minimum Gasteiger partial charge on any atom is -0.368 e. The largest absolute Gasteiger partial charge is 0.368 e. The van der Waals surface area contributed by atoms with Crippen molar-refractivity contribution in [3.63, 3.8) is 0 Å². The molecule has 0 aliphatic heterocycles. The smallest absolute Gasteiger partial charge is 0.246 e. The third kappa shape index (κ3) is 3.77. The highest BCUT2D eigenvalue weighted by molar-refractivity contribution is 5.77. The molecule has 0 bridgehead atoms. The number of nitrogens with one attached hydrogen (secondary N) is 1. The van der Waals surface area contributed by atoms with Crippen LogP contribution in [0.5, 0.6) is 0 Å². The normalized spacial score (nSPS) is 25.7. The minimum atomic E-state index is -0.163. The average molecular weight is 196 g/mol. The maximum absolute atomic E-state index is 11.1. The highest BCUT2D eigenvalue weighted by Crippen LogP contribution is 2.19. The molecule has 1 amide bonds. The molecule has 0 radical (unpaired) electrons. The lowest BCUT2D eigenvalue weighted by atomic mass is 10.3. The highest BCUT2D eigenvalue weighted by Gasteiger charge is 2.22. The van der Waals surface area contributed by atoms with E-state index in [9.17, 15) is 4.79 Å². The summed E-state index contributed by atoms with van der Waals surface area (Å²) in [4.78, 5) is 11.1. The van der Waals surface area contributed by atoms with E-state index in [1.807, 2.05) is 0 Å². The summed E-state index contributed by atoms with van der Waals surface area (Å²) < 4.78 is 5.37. The molecule has 2 unspecified atom stereocenters. The van der Waals surface area contributed by atoms with Crippen molar-refractivity contribution in [2.24, 2.45) is 5.73 Å². The molecule has 0 spiro atoms. The van der Waals surface area contributed by atoms with E-state index in [4.69, 9.17) is 16.9 Å². The molecule has 2 atom stereocenters. The van der Waals surface area contributed by atoms with Gasteiger partial charge in [-0.2, -0.15) is 0 Å². The topological polar surface area (TPSA) is 64.3 Å². The number of hydrogen-bond acceptors (Lipinski definition) is 3.